The molecule has 1 aromatic carbocycles. The molecule has 19 heavy (non-hydrogen) atoms. The van der Waals surface area contributed by atoms with Gasteiger partial charge in [-0.15, -0.1) is 0 Å². The molecule has 0 unspecified atom stereocenters. The molecule has 0 bridgehead atoms. The zero-order valence-electron chi connectivity index (χ0n) is 9.62. The zero-order chi connectivity index (χ0) is 13.2. The van der Waals surface area contributed by atoms with Crippen LogP contribution >= 0.6 is 11.6 Å². The summed E-state index contributed by atoms with van der Waals surface area (Å²) in [4.78, 5) is 8.01. The van der Waals surface area contributed by atoms with Gasteiger partial charge in [0.15, 0.2) is 0 Å². The highest BCUT2D eigenvalue weighted by atomic mass is 35.5. The Labute approximate surface area is 113 Å². The van der Waals surface area contributed by atoms with Crippen LogP contribution in [0.4, 0.5) is 0 Å². The Morgan fingerprint density at radius 2 is 1.95 bits per heavy atom. The Kier molecular flexibility index (Phi) is 2.89. The summed E-state index contributed by atoms with van der Waals surface area (Å²) in [7, 11) is 0. The molecule has 3 rings (SSSR count). The Hall–Kier alpha value is -2.40. The number of benzene rings is 1. The maximum atomic E-state index is 9.68. The van der Waals surface area contributed by atoms with Crippen molar-refractivity contribution in [3.05, 3.63) is 47.7 Å². The van der Waals surface area contributed by atoms with Crippen LogP contribution in [0, 0.1) is 0 Å². The predicted octanol–water partition coefficient (Wildman–Crippen LogP) is 3.16. The third-order valence-corrected chi connectivity index (χ3v) is 2.90. The van der Waals surface area contributed by atoms with Crippen LogP contribution in [0.3, 0.4) is 0 Å². The molecule has 0 saturated heterocycles. The van der Waals surface area contributed by atoms with Gasteiger partial charge >= 0.3 is 0 Å². The van der Waals surface area contributed by atoms with Crippen molar-refractivity contribution in [1.82, 2.24) is 15.1 Å². The molecule has 0 fully saturated rings. The maximum absolute atomic E-state index is 9.68. The van der Waals surface area contributed by atoms with E-state index in [1.807, 2.05) is 12.1 Å². The third kappa shape index (κ3) is 2.15. The molecule has 3 aromatic rings. The lowest BCUT2D eigenvalue weighted by molar-refractivity contribution is 0.425. The van der Waals surface area contributed by atoms with Gasteiger partial charge in [0, 0.05) is 11.8 Å². The predicted molar refractivity (Wildman–Crippen MR) is 69.6 cm³/mol. The third-order valence-electron chi connectivity index (χ3n) is 2.57. The van der Waals surface area contributed by atoms with Gasteiger partial charge in [-0.05, 0) is 18.2 Å². The smallest absolute Gasteiger partial charge is 0.262 e. The van der Waals surface area contributed by atoms with Crippen LogP contribution in [-0.2, 0) is 0 Å². The largest absolute Gasteiger partial charge is 0.505 e. The number of aromatic hydroxyl groups is 1. The second kappa shape index (κ2) is 4.70. The lowest BCUT2D eigenvalue weighted by Gasteiger charge is -1.97. The van der Waals surface area contributed by atoms with Crippen molar-refractivity contribution in [2.24, 2.45) is 0 Å². The van der Waals surface area contributed by atoms with Crippen LogP contribution in [-0.4, -0.2) is 20.2 Å². The van der Waals surface area contributed by atoms with Crippen molar-refractivity contribution < 1.29 is 9.63 Å². The van der Waals surface area contributed by atoms with Gasteiger partial charge in [-0.3, -0.25) is 4.98 Å². The van der Waals surface area contributed by atoms with E-state index in [9.17, 15) is 5.11 Å². The van der Waals surface area contributed by atoms with Gasteiger partial charge in [0.25, 0.3) is 5.89 Å². The Morgan fingerprint density at radius 1 is 1.11 bits per heavy atom. The van der Waals surface area contributed by atoms with Crippen molar-refractivity contribution in [1.29, 1.82) is 0 Å². The van der Waals surface area contributed by atoms with Crippen LogP contribution in [0.25, 0.3) is 22.8 Å². The Balaban J connectivity index is 2.06. The van der Waals surface area contributed by atoms with Gasteiger partial charge in [0.1, 0.15) is 5.75 Å². The van der Waals surface area contributed by atoms with Crippen molar-refractivity contribution >= 4 is 11.6 Å². The van der Waals surface area contributed by atoms with Crippen LogP contribution in [0.15, 0.2) is 47.2 Å². The summed E-state index contributed by atoms with van der Waals surface area (Å²) < 4.78 is 5.13. The van der Waals surface area contributed by atoms with E-state index >= 15 is 0 Å². The van der Waals surface area contributed by atoms with E-state index in [2.05, 4.69) is 15.1 Å². The summed E-state index contributed by atoms with van der Waals surface area (Å²) in [5.74, 6) is 0.573. The standard InChI is InChI=1S/C13H8ClN3O2/c14-10-4-2-1-3-8(10)12-16-13(19-17-12)9-5-6-15-7-11(9)18/h1-7,18H. The van der Waals surface area contributed by atoms with Gasteiger partial charge in [-0.2, -0.15) is 4.98 Å². The first-order valence-electron chi connectivity index (χ1n) is 5.47. The lowest BCUT2D eigenvalue weighted by atomic mass is 10.2. The Bertz CT molecular complexity index is 667. The minimum atomic E-state index is -0.0168. The fraction of sp³-hybridized carbons (Fsp3) is 0. The van der Waals surface area contributed by atoms with Gasteiger partial charge < -0.3 is 9.63 Å². The highest BCUT2D eigenvalue weighted by Gasteiger charge is 2.15. The number of halogens is 1. The number of pyridine rings is 1. The molecular formula is C13H8ClN3O2. The average Bonchev–Trinajstić information content (AvgIpc) is 2.89. The summed E-state index contributed by atoms with van der Waals surface area (Å²) in [5, 5.41) is 14.1. The zero-order valence-corrected chi connectivity index (χ0v) is 10.4. The first kappa shape index (κ1) is 11.7. The van der Waals surface area contributed by atoms with E-state index in [1.165, 1.54) is 12.4 Å². The molecule has 2 aromatic heterocycles. The van der Waals surface area contributed by atoms with Crippen LogP contribution in [0.5, 0.6) is 5.75 Å². The fourth-order valence-electron chi connectivity index (χ4n) is 1.65. The number of rotatable bonds is 2. The summed E-state index contributed by atoms with van der Waals surface area (Å²) in [6.45, 7) is 0. The molecule has 0 spiro atoms. The van der Waals surface area contributed by atoms with Crippen LogP contribution in [0.2, 0.25) is 5.02 Å². The molecule has 0 saturated carbocycles. The number of nitrogens with zero attached hydrogens (tertiary/aromatic N) is 3. The minimum Gasteiger partial charge on any atom is -0.505 e. The fourth-order valence-corrected chi connectivity index (χ4v) is 1.87. The first-order valence-corrected chi connectivity index (χ1v) is 5.85. The van der Waals surface area contributed by atoms with E-state index in [0.29, 0.717) is 22.0 Å². The summed E-state index contributed by atoms with van der Waals surface area (Å²) >= 11 is 6.06. The Morgan fingerprint density at radius 3 is 2.74 bits per heavy atom. The molecule has 0 aliphatic rings. The van der Waals surface area contributed by atoms with E-state index in [0.717, 1.165) is 0 Å². The summed E-state index contributed by atoms with van der Waals surface area (Å²) in [6, 6.07) is 8.79. The van der Waals surface area contributed by atoms with Gasteiger partial charge in [0.2, 0.25) is 5.82 Å². The molecule has 94 valence electrons. The van der Waals surface area contributed by atoms with E-state index in [1.54, 1.807) is 18.2 Å². The van der Waals surface area contributed by atoms with Crippen molar-refractivity contribution in [2.75, 3.05) is 0 Å². The molecule has 2 heterocycles. The SMILES string of the molecule is Oc1cnccc1-c1nc(-c2ccccc2Cl)no1. The quantitative estimate of drug-likeness (QED) is 0.776. The molecule has 0 aliphatic heterocycles. The first-order chi connectivity index (χ1) is 9.25. The van der Waals surface area contributed by atoms with Crippen molar-refractivity contribution in [3.63, 3.8) is 0 Å². The van der Waals surface area contributed by atoms with Gasteiger partial charge in [-0.1, -0.05) is 28.9 Å². The molecule has 0 radical (unpaired) electrons. The topological polar surface area (TPSA) is 72.0 Å². The highest BCUT2D eigenvalue weighted by molar-refractivity contribution is 6.33. The van der Waals surface area contributed by atoms with Crippen molar-refractivity contribution in [3.8, 4) is 28.6 Å². The monoisotopic (exact) mass is 273 g/mol. The van der Waals surface area contributed by atoms with Crippen LogP contribution < -0.4 is 0 Å². The van der Waals surface area contributed by atoms with E-state index < -0.39 is 0 Å². The van der Waals surface area contributed by atoms with Crippen molar-refractivity contribution in [2.45, 2.75) is 0 Å². The second-order valence-electron chi connectivity index (χ2n) is 3.80. The number of aromatic nitrogens is 3. The molecule has 1 N–H and O–H groups in total. The molecular weight excluding hydrogens is 266 g/mol. The highest BCUT2D eigenvalue weighted by Crippen LogP contribution is 2.30. The number of hydrogen-bond acceptors (Lipinski definition) is 5. The average molecular weight is 274 g/mol. The molecule has 5 nitrogen and oxygen atoms in total. The van der Waals surface area contributed by atoms with Crippen LogP contribution in [0.1, 0.15) is 0 Å². The summed E-state index contributed by atoms with van der Waals surface area (Å²) in [5.41, 5.74) is 1.11. The van der Waals surface area contributed by atoms with E-state index in [-0.39, 0.29) is 11.6 Å². The second-order valence-corrected chi connectivity index (χ2v) is 4.20. The normalized spacial score (nSPS) is 10.6. The van der Waals surface area contributed by atoms with E-state index in [4.69, 9.17) is 16.1 Å². The summed E-state index contributed by atoms with van der Waals surface area (Å²) in [6.07, 6.45) is 2.85. The maximum Gasteiger partial charge on any atom is 0.262 e. The molecule has 6 heteroatoms. The molecule has 0 aliphatic carbocycles. The lowest BCUT2D eigenvalue weighted by Crippen LogP contribution is -1.83. The molecule has 0 atom stereocenters. The number of hydrogen-bond donors (Lipinski definition) is 1. The van der Waals surface area contributed by atoms with Gasteiger partial charge in [0.05, 0.1) is 16.8 Å². The van der Waals surface area contributed by atoms with Gasteiger partial charge in [-0.25, -0.2) is 0 Å². The minimum absolute atomic E-state index is 0.0168. The molecule has 0 amide bonds.